The molecule has 0 aliphatic rings. The molecule has 0 aliphatic heterocycles. The molecule has 1 rings (SSSR count). The number of anilines is 1. The molecular formula is C16H27ClN2O3. The van der Waals surface area contributed by atoms with Crippen molar-refractivity contribution in [1.82, 2.24) is 0 Å². The van der Waals surface area contributed by atoms with Gasteiger partial charge in [-0.3, -0.25) is 4.79 Å². The summed E-state index contributed by atoms with van der Waals surface area (Å²) < 4.78 is 11.3. The average molecular weight is 331 g/mol. The third-order valence-corrected chi connectivity index (χ3v) is 2.76. The van der Waals surface area contributed by atoms with E-state index in [9.17, 15) is 4.79 Å². The zero-order valence-electron chi connectivity index (χ0n) is 13.4. The molecule has 0 fully saturated rings. The molecule has 126 valence electrons. The molecule has 22 heavy (non-hydrogen) atoms. The van der Waals surface area contributed by atoms with Crippen LogP contribution in [0.4, 0.5) is 5.69 Å². The predicted molar refractivity (Wildman–Crippen MR) is 92.2 cm³/mol. The van der Waals surface area contributed by atoms with Gasteiger partial charge in [0.2, 0.25) is 5.91 Å². The average Bonchev–Trinajstić information content (AvgIpc) is 2.49. The maximum atomic E-state index is 11.7. The van der Waals surface area contributed by atoms with Crippen LogP contribution in [0.15, 0.2) is 18.2 Å². The molecule has 0 aliphatic carbocycles. The Hall–Kier alpha value is -1.46. The Morgan fingerprint density at radius 1 is 1.14 bits per heavy atom. The topological polar surface area (TPSA) is 73.6 Å². The number of hydrogen-bond acceptors (Lipinski definition) is 4. The van der Waals surface area contributed by atoms with E-state index in [4.69, 9.17) is 15.2 Å². The molecule has 0 radical (unpaired) electrons. The van der Waals surface area contributed by atoms with E-state index in [0.717, 1.165) is 12.8 Å². The maximum absolute atomic E-state index is 11.7. The number of halogens is 1. The van der Waals surface area contributed by atoms with Crippen LogP contribution < -0.4 is 20.5 Å². The predicted octanol–water partition coefficient (Wildman–Crippen LogP) is 3.36. The Bertz CT molecular complexity index is 441. The summed E-state index contributed by atoms with van der Waals surface area (Å²) in [6.07, 6.45) is 2.96. The van der Waals surface area contributed by atoms with E-state index in [2.05, 4.69) is 12.2 Å². The summed E-state index contributed by atoms with van der Waals surface area (Å²) in [6.45, 7) is 5.88. The molecule has 0 unspecified atom stereocenters. The molecule has 6 heteroatoms. The molecule has 1 aromatic carbocycles. The Balaban J connectivity index is 0.00000441. The van der Waals surface area contributed by atoms with E-state index in [1.165, 1.54) is 0 Å². The number of ether oxygens (including phenoxy) is 2. The molecule has 0 bridgehead atoms. The van der Waals surface area contributed by atoms with Gasteiger partial charge in [-0.1, -0.05) is 13.8 Å². The van der Waals surface area contributed by atoms with Crippen molar-refractivity contribution >= 4 is 24.0 Å². The third kappa shape index (κ3) is 7.52. The maximum Gasteiger partial charge on any atom is 0.224 e. The van der Waals surface area contributed by atoms with Crippen molar-refractivity contribution in [3.05, 3.63) is 18.2 Å². The van der Waals surface area contributed by atoms with Crippen LogP contribution in [0.2, 0.25) is 0 Å². The molecule has 0 saturated heterocycles. The fourth-order valence-electron chi connectivity index (χ4n) is 1.73. The number of benzene rings is 1. The highest BCUT2D eigenvalue weighted by Gasteiger charge is 2.08. The Labute approximate surface area is 139 Å². The second kappa shape index (κ2) is 12.1. The van der Waals surface area contributed by atoms with E-state index in [-0.39, 0.29) is 18.3 Å². The smallest absolute Gasteiger partial charge is 0.224 e. The SMILES string of the molecule is CCCOc1ccc(NC(=O)CCCN)cc1OCCC.Cl. The quantitative estimate of drug-likeness (QED) is 0.690. The number of carbonyl (C=O) groups is 1. The standard InChI is InChI=1S/C16H26N2O3.ClH/c1-3-10-20-14-8-7-13(12-15(14)21-11-4-2)18-16(19)6-5-9-17;/h7-8,12H,3-6,9-11,17H2,1-2H3,(H,18,19);1H. The molecule has 0 aromatic heterocycles. The van der Waals surface area contributed by atoms with Crippen LogP contribution in [0.3, 0.4) is 0 Å². The molecule has 0 heterocycles. The van der Waals surface area contributed by atoms with Gasteiger partial charge in [-0.2, -0.15) is 0 Å². The number of rotatable bonds is 10. The first-order valence-electron chi connectivity index (χ1n) is 7.60. The molecule has 0 spiro atoms. The van der Waals surface area contributed by atoms with Crippen molar-refractivity contribution in [3.8, 4) is 11.5 Å². The highest BCUT2D eigenvalue weighted by Crippen LogP contribution is 2.31. The van der Waals surface area contributed by atoms with Crippen LogP contribution in [0.5, 0.6) is 11.5 Å². The number of carbonyl (C=O) groups excluding carboxylic acids is 1. The largest absolute Gasteiger partial charge is 0.490 e. The lowest BCUT2D eigenvalue weighted by Gasteiger charge is -2.14. The van der Waals surface area contributed by atoms with Gasteiger partial charge in [0.05, 0.1) is 13.2 Å². The third-order valence-electron chi connectivity index (χ3n) is 2.76. The first kappa shape index (κ1) is 20.5. The summed E-state index contributed by atoms with van der Waals surface area (Å²) in [6, 6.07) is 5.46. The van der Waals surface area contributed by atoms with Crippen molar-refractivity contribution < 1.29 is 14.3 Å². The molecule has 0 saturated carbocycles. The lowest BCUT2D eigenvalue weighted by molar-refractivity contribution is -0.116. The minimum atomic E-state index is -0.0379. The van der Waals surface area contributed by atoms with Crippen molar-refractivity contribution in [3.63, 3.8) is 0 Å². The normalized spacial score (nSPS) is 9.77. The zero-order valence-corrected chi connectivity index (χ0v) is 14.2. The lowest BCUT2D eigenvalue weighted by Crippen LogP contribution is -2.13. The molecular weight excluding hydrogens is 304 g/mol. The number of nitrogens with one attached hydrogen (secondary N) is 1. The molecule has 5 nitrogen and oxygen atoms in total. The molecule has 1 aromatic rings. The first-order valence-corrected chi connectivity index (χ1v) is 7.60. The number of amides is 1. The van der Waals surface area contributed by atoms with Crippen molar-refractivity contribution in [2.24, 2.45) is 5.73 Å². The summed E-state index contributed by atoms with van der Waals surface area (Å²) in [7, 11) is 0. The monoisotopic (exact) mass is 330 g/mol. The van der Waals surface area contributed by atoms with Gasteiger partial charge in [0, 0.05) is 18.2 Å². The van der Waals surface area contributed by atoms with Crippen LogP contribution in [-0.4, -0.2) is 25.7 Å². The molecule has 1 amide bonds. The van der Waals surface area contributed by atoms with Gasteiger partial charge < -0.3 is 20.5 Å². The van der Waals surface area contributed by atoms with Gasteiger partial charge >= 0.3 is 0 Å². The van der Waals surface area contributed by atoms with Crippen LogP contribution >= 0.6 is 12.4 Å². The second-order valence-corrected chi connectivity index (χ2v) is 4.80. The first-order chi connectivity index (χ1) is 10.2. The minimum absolute atomic E-state index is 0. The number of nitrogens with two attached hydrogens (primary N) is 1. The fourth-order valence-corrected chi connectivity index (χ4v) is 1.73. The van der Waals surface area contributed by atoms with E-state index < -0.39 is 0 Å². The van der Waals surface area contributed by atoms with Crippen LogP contribution in [-0.2, 0) is 4.79 Å². The van der Waals surface area contributed by atoms with E-state index in [0.29, 0.717) is 49.8 Å². The van der Waals surface area contributed by atoms with Crippen molar-refractivity contribution in [1.29, 1.82) is 0 Å². The fraction of sp³-hybridized carbons (Fsp3) is 0.562. The summed E-state index contributed by atoms with van der Waals surface area (Å²) in [4.78, 5) is 11.7. The van der Waals surface area contributed by atoms with Gasteiger partial charge in [0.25, 0.3) is 0 Å². The molecule has 3 N–H and O–H groups in total. The second-order valence-electron chi connectivity index (χ2n) is 4.80. The Morgan fingerprint density at radius 2 is 1.77 bits per heavy atom. The highest BCUT2D eigenvalue weighted by molar-refractivity contribution is 5.91. The van der Waals surface area contributed by atoms with E-state index >= 15 is 0 Å². The molecule has 0 atom stereocenters. The summed E-state index contributed by atoms with van der Waals surface area (Å²) in [5.41, 5.74) is 6.11. The van der Waals surface area contributed by atoms with Crippen LogP contribution in [0.1, 0.15) is 39.5 Å². The van der Waals surface area contributed by atoms with Crippen LogP contribution in [0, 0.1) is 0 Å². The Morgan fingerprint density at radius 3 is 2.36 bits per heavy atom. The highest BCUT2D eigenvalue weighted by atomic mass is 35.5. The van der Waals surface area contributed by atoms with Gasteiger partial charge in [-0.05, 0) is 37.9 Å². The summed E-state index contributed by atoms with van der Waals surface area (Å²) in [5.74, 6) is 1.34. The summed E-state index contributed by atoms with van der Waals surface area (Å²) >= 11 is 0. The van der Waals surface area contributed by atoms with Crippen molar-refractivity contribution in [2.75, 3.05) is 25.1 Å². The lowest BCUT2D eigenvalue weighted by atomic mass is 10.2. The van der Waals surface area contributed by atoms with Crippen molar-refractivity contribution in [2.45, 2.75) is 39.5 Å². The van der Waals surface area contributed by atoms with Gasteiger partial charge in [-0.15, -0.1) is 12.4 Å². The summed E-state index contributed by atoms with van der Waals surface area (Å²) in [5, 5.41) is 2.85. The number of hydrogen-bond donors (Lipinski definition) is 2. The Kier molecular flexibility index (Phi) is 11.3. The minimum Gasteiger partial charge on any atom is -0.490 e. The van der Waals surface area contributed by atoms with Crippen LogP contribution in [0.25, 0.3) is 0 Å². The van der Waals surface area contributed by atoms with Gasteiger partial charge in [0.1, 0.15) is 0 Å². The van der Waals surface area contributed by atoms with E-state index in [1.807, 2.05) is 19.1 Å². The van der Waals surface area contributed by atoms with Gasteiger partial charge in [0.15, 0.2) is 11.5 Å². The van der Waals surface area contributed by atoms with E-state index in [1.54, 1.807) is 6.07 Å². The van der Waals surface area contributed by atoms with Gasteiger partial charge in [-0.25, -0.2) is 0 Å². The zero-order chi connectivity index (χ0) is 15.5.